The van der Waals surface area contributed by atoms with Crippen molar-refractivity contribution in [2.24, 2.45) is 5.92 Å². The van der Waals surface area contributed by atoms with Crippen molar-refractivity contribution >= 4 is 17.8 Å². The van der Waals surface area contributed by atoms with Gasteiger partial charge in [-0.3, -0.25) is 14.4 Å². The monoisotopic (exact) mass is 282 g/mol. The second-order valence-electron chi connectivity index (χ2n) is 5.46. The summed E-state index contributed by atoms with van der Waals surface area (Å²) in [5.41, 5.74) is 0. The minimum absolute atomic E-state index is 0.0609. The topological polar surface area (TPSA) is 66.9 Å². The van der Waals surface area contributed by atoms with E-state index in [1.165, 1.54) is 4.90 Å². The van der Waals surface area contributed by atoms with Crippen LogP contribution in [0.4, 0.5) is 0 Å². The van der Waals surface area contributed by atoms with Crippen LogP contribution < -0.4 is 0 Å². The molecule has 2 rings (SSSR count). The highest BCUT2D eigenvalue weighted by Gasteiger charge is 2.41. The molecule has 1 aliphatic heterocycles. The Labute approximate surface area is 119 Å². The molecule has 0 spiro atoms. The molecular weight excluding hydrogens is 260 g/mol. The average Bonchev–Trinajstić information content (AvgIpc) is 3.14. The lowest BCUT2D eigenvalue weighted by molar-refractivity contribution is -0.150. The molecule has 20 heavy (non-hydrogen) atoms. The molecule has 1 heterocycles. The van der Waals surface area contributed by atoms with Gasteiger partial charge in [0, 0.05) is 19.5 Å². The van der Waals surface area contributed by atoms with Crippen LogP contribution in [0.25, 0.3) is 0 Å². The molecular formula is C14H22N2O4. The van der Waals surface area contributed by atoms with Crippen LogP contribution in [0.1, 0.15) is 32.6 Å². The third kappa shape index (κ3) is 3.29. The average molecular weight is 282 g/mol. The first-order chi connectivity index (χ1) is 9.54. The maximum atomic E-state index is 12.4. The maximum Gasteiger partial charge on any atom is 0.325 e. The van der Waals surface area contributed by atoms with Crippen molar-refractivity contribution in [2.45, 2.75) is 38.6 Å². The lowest BCUT2D eigenvalue weighted by Gasteiger charge is -2.27. The molecule has 1 aliphatic carbocycles. The van der Waals surface area contributed by atoms with Crippen LogP contribution in [0, 0.1) is 5.92 Å². The van der Waals surface area contributed by atoms with Gasteiger partial charge in [-0.05, 0) is 32.6 Å². The van der Waals surface area contributed by atoms with Crippen LogP contribution in [-0.2, 0) is 19.1 Å². The molecule has 6 nitrogen and oxygen atoms in total. The molecule has 2 aliphatic rings. The molecule has 1 unspecified atom stereocenters. The lowest BCUT2D eigenvalue weighted by atomic mass is 10.2. The fourth-order valence-corrected chi connectivity index (χ4v) is 2.58. The van der Waals surface area contributed by atoms with E-state index in [1.54, 1.807) is 18.9 Å². The number of carbonyl (C=O) groups is 3. The summed E-state index contributed by atoms with van der Waals surface area (Å²) in [6.45, 7) is 2.62. The number of ether oxygens (including phenoxy) is 1. The Morgan fingerprint density at radius 3 is 2.55 bits per heavy atom. The van der Waals surface area contributed by atoms with E-state index in [0.29, 0.717) is 19.6 Å². The normalized spacial score (nSPS) is 21.7. The highest BCUT2D eigenvalue weighted by atomic mass is 16.5. The van der Waals surface area contributed by atoms with E-state index in [-0.39, 0.29) is 24.3 Å². The summed E-state index contributed by atoms with van der Waals surface area (Å²) < 4.78 is 4.83. The number of hydrogen-bond acceptors (Lipinski definition) is 4. The van der Waals surface area contributed by atoms with E-state index < -0.39 is 12.0 Å². The van der Waals surface area contributed by atoms with E-state index in [0.717, 1.165) is 19.3 Å². The van der Waals surface area contributed by atoms with Gasteiger partial charge in [-0.2, -0.15) is 0 Å². The Kier molecular flexibility index (Phi) is 4.62. The SMILES string of the molecule is CCOC(=O)CN(C)C(=O)C1CCCN1C(=O)C1CC1. The Morgan fingerprint density at radius 1 is 1.25 bits per heavy atom. The van der Waals surface area contributed by atoms with Gasteiger partial charge in [-0.15, -0.1) is 0 Å². The van der Waals surface area contributed by atoms with Crippen molar-refractivity contribution in [3.05, 3.63) is 0 Å². The van der Waals surface area contributed by atoms with Crippen molar-refractivity contribution in [1.82, 2.24) is 9.80 Å². The molecule has 0 aromatic carbocycles. The molecule has 0 aromatic heterocycles. The molecule has 112 valence electrons. The van der Waals surface area contributed by atoms with Gasteiger partial charge in [0.25, 0.3) is 0 Å². The van der Waals surface area contributed by atoms with Crippen LogP contribution in [0.5, 0.6) is 0 Å². The summed E-state index contributed by atoms with van der Waals surface area (Å²) >= 11 is 0. The zero-order valence-electron chi connectivity index (χ0n) is 12.1. The van der Waals surface area contributed by atoms with Gasteiger partial charge in [0.2, 0.25) is 11.8 Å². The number of carbonyl (C=O) groups excluding carboxylic acids is 3. The first kappa shape index (κ1) is 14.8. The molecule has 0 radical (unpaired) electrons. The molecule has 2 fully saturated rings. The fraction of sp³-hybridized carbons (Fsp3) is 0.786. The third-order valence-corrected chi connectivity index (χ3v) is 3.80. The fourth-order valence-electron chi connectivity index (χ4n) is 2.58. The van der Waals surface area contributed by atoms with E-state index in [9.17, 15) is 14.4 Å². The van der Waals surface area contributed by atoms with Gasteiger partial charge in [0.1, 0.15) is 12.6 Å². The van der Waals surface area contributed by atoms with E-state index in [1.807, 2.05) is 0 Å². The molecule has 1 atom stereocenters. The van der Waals surface area contributed by atoms with Gasteiger partial charge in [-0.25, -0.2) is 0 Å². The van der Waals surface area contributed by atoms with Gasteiger partial charge >= 0.3 is 5.97 Å². The van der Waals surface area contributed by atoms with Crippen molar-refractivity contribution in [2.75, 3.05) is 26.7 Å². The molecule has 0 aromatic rings. The first-order valence-corrected chi connectivity index (χ1v) is 7.25. The molecule has 6 heteroatoms. The van der Waals surface area contributed by atoms with Crippen LogP contribution >= 0.6 is 0 Å². The Morgan fingerprint density at radius 2 is 1.95 bits per heavy atom. The minimum Gasteiger partial charge on any atom is -0.465 e. The zero-order chi connectivity index (χ0) is 14.7. The third-order valence-electron chi connectivity index (χ3n) is 3.80. The summed E-state index contributed by atoms with van der Waals surface area (Å²) in [6, 6.07) is -0.400. The van der Waals surface area contributed by atoms with E-state index >= 15 is 0 Å². The van der Waals surface area contributed by atoms with Crippen LogP contribution in [0.2, 0.25) is 0 Å². The van der Waals surface area contributed by atoms with Crippen molar-refractivity contribution in [1.29, 1.82) is 0 Å². The number of nitrogens with zero attached hydrogens (tertiary/aromatic N) is 2. The Bertz CT molecular complexity index is 406. The van der Waals surface area contributed by atoms with Crippen molar-refractivity contribution in [3.63, 3.8) is 0 Å². The molecule has 1 saturated carbocycles. The van der Waals surface area contributed by atoms with Crippen LogP contribution in [0.15, 0.2) is 0 Å². The summed E-state index contributed by atoms with van der Waals surface area (Å²) in [7, 11) is 1.58. The van der Waals surface area contributed by atoms with Crippen molar-refractivity contribution < 1.29 is 19.1 Å². The van der Waals surface area contributed by atoms with E-state index in [4.69, 9.17) is 4.74 Å². The number of esters is 1. The van der Waals surface area contributed by atoms with Gasteiger partial charge in [0.05, 0.1) is 6.61 Å². The minimum atomic E-state index is -0.415. The van der Waals surface area contributed by atoms with Crippen LogP contribution in [-0.4, -0.2) is 60.4 Å². The number of amides is 2. The van der Waals surface area contributed by atoms with E-state index in [2.05, 4.69) is 0 Å². The first-order valence-electron chi connectivity index (χ1n) is 7.25. The highest BCUT2D eigenvalue weighted by molar-refractivity contribution is 5.91. The Hall–Kier alpha value is -1.59. The van der Waals surface area contributed by atoms with Crippen LogP contribution in [0.3, 0.4) is 0 Å². The molecule has 0 bridgehead atoms. The van der Waals surface area contributed by atoms with Gasteiger partial charge in [0.15, 0.2) is 0 Å². The molecule has 2 amide bonds. The number of hydrogen-bond donors (Lipinski definition) is 0. The van der Waals surface area contributed by atoms with Gasteiger partial charge in [-0.1, -0.05) is 0 Å². The number of rotatable bonds is 5. The summed E-state index contributed by atoms with van der Waals surface area (Å²) in [5, 5.41) is 0. The second-order valence-corrected chi connectivity index (χ2v) is 5.46. The predicted octanol–water partition coefficient (Wildman–Crippen LogP) is 0.409. The van der Waals surface area contributed by atoms with Gasteiger partial charge < -0.3 is 14.5 Å². The standard InChI is InChI=1S/C14H22N2O4/c1-3-20-12(17)9-15(2)14(19)11-5-4-8-16(11)13(18)10-6-7-10/h10-11H,3-9H2,1-2H3. The number of likely N-dealkylation sites (N-methyl/N-ethyl adjacent to an activating group) is 1. The molecule has 0 N–H and O–H groups in total. The Balaban J connectivity index is 1.92. The quantitative estimate of drug-likeness (QED) is 0.685. The molecule has 1 saturated heterocycles. The summed E-state index contributed by atoms with van der Waals surface area (Å²) in [4.78, 5) is 39.0. The number of likely N-dealkylation sites (tertiary alicyclic amines) is 1. The summed E-state index contributed by atoms with van der Waals surface area (Å²) in [6.07, 6.45) is 3.41. The van der Waals surface area contributed by atoms with Crippen molar-refractivity contribution in [3.8, 4) is 0 Å². The zero-order valence-corrected chi connectivity index (χ0v) is 12.1. The summed E-state index contributed by atoms with van der Waals surface area (Å²) in [5.74, 6) is -0.352. The largest absolute Gasteiger partial charge is 0.465 e. The maximum absolute atomic E-state index is 12.4. The smallest absolute Gasteiger partial charge is 0.325 e. The lowest BCUT2D eigenvalue weighted by Crippen LogP contribution is -2.48. The highest BCUT2D eigenvalue weighted by Crippen LogP contribution is 2.33. The predicted molar refractivity (Wildman–Crippen MR) is 71.7 cm³/mol. The second kappa shape index (κ2) is 6.24.